The first-order chi connectivity index (χ1) is 6.99. The Labute approximate surface area is 98.6 Å². The monoisotopic (exact) mass is 260 g/mol. The molecule has 1 heterocycles. The lowest BCUT2D eigenvalue weighted by molar-refractivity contribution is -0.136. The first-order valence-corrected chi connectivity index (χ1v) is 5.07. The number of rotatable bonds is 3. The maximum absolute atomic E-state index is 11.8. The van der Waals surface area contributed by atoms with Crippen LogP contribution < -0.4 is 10.6 Å². The van der Waals surface area contributed by atoms with E-state index in [2.05, 4.69) is 10.6 Å². The van der Waals surface area contributed by atoms with Gasteiger partial charge in [0.15, 0.2) is 0 Å². The van der Waals surface area contributed by atoms with Crippen LogP contribution in [0.25, 0.3) is 0 Å². The maximum atomic E-state index is 11.8. The summed E-state index contributed by atoms with van der Waals surface area (Å²) in [4.78, 5) is 11.3. The average Bonchev–Trinajstić information content (AvgIpc) is 2.17. The van der Waals surface area contributed by atoms with E-state index in [-0.39, 0.29) is 30.9 Å². The molecule has 0 bridgehead atoms. The van der Waals surface area contributed by atoms with E-state index in [9.17, 15) is 18.0 Å². The molecule has 1 fully saturated rings. The molecule has 0 aliphatic carbocycles. The summed E-state index contributed by atoms with van der Waals surface area (Å²) in [5, 5.41) is 5.26. The largest absolute Gasteiger partial charge is 0.390 e. The molecule has 0 saturated carbocycles. The van der Waals surface area contributed by atoms with Crippen LogP contribution in [0.2, 0.25) is 0 Å². The number of piperidine rings is 1. The van der Waals surface area contributed by atoms with Gasteiger partial charge in [0, 0.05) is 6.54 Å². The van der Waals surface area contributed by atoms with Gasteiger partial charge >= 0.3 is 6.18 Å². The Morgan fingerprint density at radius 2 is 2.06 bits per heavy atom. The van der Waals surface area contributed by atoms with E-state index >= 15 is 0 Å². The third-order valence-corrected chi connectivity index (χ3v) is 2.33. The average molecular weight is 261 g/mol. The van der Waals surface area contributed by atoms with Crippen molar-refractivity contribution < 1.29 is 18.0 Å². The highest BCUT2D eigenvalue weighted by molar-refractivity contribution is 5.85. The van der Waals surface area contributed by atoms with Crippen LogP contribution in [0.3, 0.4) is 0 Å². The highest BCUT2D eigenvalue weighted by Gasteiger charge is 2.27. The van der Waals surface area contributed by atoms with Crippen LogP contribution in [0.1, 0.15) is 25.7 Å². The second-order valence-corrected chi connectivity index (χ2v) is 3.66. The zero-order valence-corrected chi connectivity index (χ0v) is 9.59. The van der Waals surface area contributed by atoms with Crippen LogP contribution in [0.4, 0.5) is 13.2 Å². The molecule has 0 radical (unpaired) electrons. The normalized spacial score (nSPS) is 21.1. The van der Waals surface area contributed by atoms with E-state index in [4.69, 9.17) is 0 Å². The summed E-state index contributed by atoms with van der Waals surface area (Å²) in [6.07, 6.45) is -2.49. The Bertz CT molecular complexity index is 217. The van der Waals surface area contributed by atoms with Crippen molar-refractivity contribution >= 4 is 18.3 Å². The van der Waals surface area contributed by atoms with Gasteiger partial charge in [-0.15, -0.1) is 12.4 Å². The van der Waals surface area contributed by atoms with Crippen LogP contribution >= 0.6 is 12.4 Å². The van der Waals surface area contributed by atoms with Crippen molar-refractivity contribution in [2.75, 3.05) is 13.1 Å². The summed E-state index contributed by atoms with van der Waals surface area (Å²) in [5.41, 5.74) is 0. The fourth-order valence-electron chi connectivity index (χ4n) is 1.53. The van der Waals surface area contributed by atoms with Crippen molar-refractivity contribution in [3.05, 3.63) is 0 Å². The lowest BCUT2D eigenvalue weighted by Gasteiger charge is -2.22. The predicted octanol–water partition coefficient (Wildman–Crippen LogP) is 1.62. The first kappa shape index (κ1) is 15.5. The number of hydrogen-bond acceptors (Lipinski definition) is 2. The molecule has 1 aliphatic heterocycles. The van der Waals surface area contributed by atoms with Gasteiger partial charge in [0.25, 0.3) is 0 Å². The van der Waals surface area contributed by atoms with Crippen molar-refractivity contribution in [1.82, 2.24) is 10.6 Å². The van der Waals surface area contributed by atoms with E-state index in [1.165, 1.54) is 0 Å². The van der Waals surface area contributed by atoms with Gasteiger partial charge in [-0.25, -0.2) is 0 Å². The number of hydrogen-bond donors (Lipinski definition) is 2. The molecule has 16 heavy (non-hydrogen) atoms. The molecular weight excluding hydrogens is 245 g/mol. The minimum atomic E-state index is -4.20. The lowest BCUT2D eigenvalue weighted by Crippen LogP contribution is -2.47. The summed E-state index contributed by atoms with van der Waals surface area (Å²) in [6.45, 7) is 0.428. The number of halogens is 4. The number of alkyl halides is 3. The molecule has 0 aromatic carbocycles. The molecule has 1 atom stereocenters. The molecule has 1 saturated heterocycles. The van der Waals surface area contributed by atoms with Gasteiger partial charge in [0.2, 0.25) is 5.91 Å². The van der Waals surface area contributed by atoms with Gasteiger partial charge in [0.1, 0.15) is 0 Å². The molecular formula is C9H16ClF3N2O. The van der Waals surface area contributed by atoms with Gasteiger partial charge in [0.05, 0.1) is 12.5 Å². The van der Waals surface area contributed by atoms with Gasteiger partial charge < -0.3 is 10.6 Å². The smallest absolute Gasteiger partial charge is 0.354 e. The first-order valence-electron chi connectivity index (χ1n) is 5.07. The van der Waals surface area contributed by atoms with Crippen LogP contribution in [0.15, 0.2) is 0 Å². The molecule has 7 heteroatoms. The van der Waals surface area contributed by atoms with Crippen molar-refractivity contribution in [1.29, 1.82) is 0 Å². The summed E-state index contributed by atoms with van der Waals surface area (Å²) in [5.74, 6) is -0.320. The Kier molecular flexibility index (Phi) is 6.74. The van der Waals surface area contributed by atoms with Gasteiger partial charge in [-0.05, 0) is 19.4 Å². The molecule has 0 unspecified atom stereocenters. The summed E-state index contributed by atoms with van der Waals surface area (Å²) >= 11 is 0. The molecule has 3 nitrogen and oxygen atoms in total. The maximum Gasteiger partial charge on any atom is 0.390 e. The van der Waals surface area contributed by atoms with Gasteiger partial charge in [-0.3, -0.25) is 4.79 Å². The number of nitrogens with one attached hydrogen (secondary N) is 2. The number of carbonyl (C=O) groups excluding carboxylic acids is 1. The molecule has 1 aliphatic rings. The Morgan fingerprint density at radius 3 is 2.56 bits per heavy atom. The van der Waals surface area contributed by atoms with Crippen LogP contribution in [0, 0.1) is 0 Å². The van der Waals surface area contributed by atoms with E-state index in [0.29, 0.717) is 6.42 Å². The van der Waals surface area contributed by atoms with Crippen LogP contribution in [0.5, 0.6) is 0 Å². The fraction of sp³-hybridized carbons (Fsp3) is 0.889. The van der Waals surface area contributed by atoms with Crippen molar-refractivity contribution in [2.45, 2.75) is 37.9 Å². The zero-order valence-electron chi connectivity index (χ0n) is 8.77. The van der Waals surface area contributed by atoms with E-state index in [1.54, 1.807) is 0 Å². The number of carbonyl (C=O) groups is 1. The van der Waals surface area contributed by atoms with Crippen molar-refractivity contribution in [3.63, 3.8) is 0 Å². The molecule has 2 N–H and O–H groups in total. The standard InChI is InChI=1S/C9H15F3N2O.ClH/c10-9(11,12)4-6-14-8(15)7-3-1-2-5-13-7;/h7,13H,1-6H2,(H,14,15);1H/t7-;/m0./s1. The molecule has 1 rings (SSSR count). The third-order valence-electron chi connectivity index (χ3n) is 2.33. The predicted molar refractivity (Wildman–Crippen MR) is 56.6 cm³/mol. The molecule has 0 spiro atoms. The second-order valence-electron chi connectivity index (χ2n) is 3.66. The fourth-order valence-corrected chi connectivity index (χ4v) is 1.53. The SMILES string of the molecule is Cl.O=C(NCCC(F)(F)F)[C@@H]1CCCCN1. The lowest BCUT2D eigenvalue weighted by atomic mass is 10.0. The van der Waals surface area contributed by atoms with Crippen LogP contribution in [-0.4, -0.2) is 31.2 Å². The second kappa shape index (κ2) is 6.96. The summed E-state index contributed by atoms with van der Waals surface area (Å²) in [6, 6.07) is -0.313. The highest BCUT2D eigenvalue weighted by Crippen LogP contribution is 2.18. The third kappa shape index (κ3) is 6.17. The van der Waals surface area contributed by atoms with Crippen molar-refractivity contribution in [3.8, 4) is 0 Å². The zero-order chi connectivity index (χ0) is 11.3. The minimum absolute atomic E-state index is 0. The van der Waals surface area contributed by atoms with Crippen LogP contribution in [-0.2, 0) is 4.79 Å². The van der Waals surface area contributed by atoms with Gasteiger partial charge in [-0.1, -0.05) is 6.42 Å². The molecule has 0 aromatic rings. The van der Waals surface area contributed by atoms with E-state index in [0.717, 1.165) is 19.4 Å². The quantitative estimate of drug-likeness (QED) is 0.810. The highest BCUT2D eigenvalue weighted by atomic mass is 35.5. The Hall–Kier alpha value is -0.490. The Balaban J connectivity index is 0.00000225. The van der Waals surface area contributed by atoms with E-state index < -0.39 is 12.6 Å². The summed E-state index contributed by atoms with van der Waals surface area (Å²) < 4.78 is 35.3. The van der Waals surface area contributed by atoms with Crippen molar-refractivity contribution in [2.24, 2.45) is 0 Å². The Morgan fingerprint density at radius 1 is 1.38 bits per heavy atom. The molecule has 1 amide bonds. The number of amides is 1. The molecule has 96 valence electrons. The topological polar surface area (TPSA) is 41.1 Å². The van der Waals surface area contributed by atoms with E-state index in [1.807, 2.05) is 0 Å². The molecule has 0 aromatic heterocycles. The minimum Gasteiger partial charge on any atom is -0.354 e. The summed E-state index contributed by atoms with van der Waals surface area (Å²) in [7, 11) is 0. The van der Waals surface area contributed by atoms with Gasteiger partial charge in [-0.2, -0.15) is 13.2 Å².